The molecule has 0 radical (unpaired) electrons. The SMILES string of the molecule is CCCCCC(C)(O)CCCC(CCCCCCC(=O)O)C(N)=O. The summed E-state index contributed by atoms with van der Waals surface area (Å²) in [6.07, 6.45) is 10.8. The van der Waals surface area contributed by atoms with Crippen molar-refractivity contribution in [3.05, 3.63) is 0 Å². The monoisotopic (exact) mass is 343 g/mol. The molecule has 2 atom stereocenters. The largest absolute Gasteiger partial charge is 0.481 e. The first-order chi connectivity index (χ1) is 11.3. The van der Waals surface area contributed by atoms with Gasteiger partial charge in [0.2, 0.25) is 5.91 Å². The molecule has 142 valence electrons. The summed E-state index contributed by atoms with van der Waals surface area (Å²) in [4.78, 5) is 22.0. The number of unbranched alkanes of at least 4 members (excludes halogenated alkanes) is 5. The summed E-state index contributed by atoms with van der Waals surface area (Å²) in [6, 6.07) is 0. The van der Waals surface area contributed by atoms with E-state index in [-0.39, 0.29) is 18.2 Å². The molecule has 0 heterocycles. The van der Waals surface area contributed by atoms with Gasteiger partial charge in [0.15, 0.2) is 0 Å². The lowest BCUT2D eigenvalue weighted by molar-refractivity contribution is -0.137. The molecule has 0 aromatic carbocycles. The maximum absolute atomic E-state index is 11.6. The Balaban J connectivity index is 3.91. The van der Waals surface area contributed by atoms with Crippen molar-refractivity contribution < 1.29 is 19.8 Å². The van der Waals surface area contributed by atoms with Crippen LogP contribution in [0.15, 0.2) is 0 Å². The normalized spacial score (nSPS) is 15.0. The summed E-state index contributed by atoms with van der Waals surface area (Å²) in [6.45, 7) is 4.03. The lowest BCUT2D eigenvalue weighted by Gasteiger charge is -2.24. The van der Waals surface area contributed by atoms with Gasteiger partial charge in [0.25, 0.3) is 0 Å². The van der Waals surface area contributed by atoms with Gasteiger partial charge >= 0.3 is 5.97 Å². The zero-order chi connectivity index (χ0) is 18.4. The summed E-state index contributed by atoms with van der Waals surface area (Å²) in [5.41, 5.74) is 4.84. The van der Waals surface area contributed by atoms with Crippen molar-refractivity contribution in [2.75, 3.05) is 0 Å². The minimum absolute atomic E-state index is 0.129. The fourth-order valence-corrected chi connectivity index (χ4v) is 3.06. The van der Waals surface area contributed by atoms with Crippen LogP contribution in [0.4, 0.5) is 0 Å². The highest BCUT2D eigenvalue weighted by atomic mass is 16.4. The van der Waals surface area contributed by atoms with Crippen molar-refractivity contribution in [3.8, 4) is 0 Å². The fraction of sp³-hybridized carbons (Fsp3) is 0.895. The molecule has 0 bridgehead atoms. The van der Waals surface area contributed by atoms with Crippen molar-refractivity contribution >= 4 is 11.9 Å². The number of carbonyl (C=O) groups excluding carboxylic acids is 1. The molecule has 0 spiro atoms. The predicted octanol–water partition coefficient (Wildman–Crippen LogP) is 4.01. The fourth-order valence-electron chi connectivity index (χ4n) is 3.06. The highest BCUT2D eigenvalue weighted by Gasteiger charge is 2.21. The Morgan fingerprint density at radius 1 is 0.958 bits per heavy atom. The topological polar surface area (TPSA) is 101 Å². The van der Waals surface area contributed by atoms with Crippen molar-refractivity contribution in [1.29, 1.82) is 0 Å². The Morgan fingerprint density at radius 3 is 2.12 bits per heavy atom. The number of aliphatic hydroxyl groups is 1. The van der Waals surface area contributed by atoms with Gasteiger partial charge in [-0.2, -0.15) is 0 Å². The number of carbonyl (C=O) groups is 2. The maximum Gasteiger partial charge on any atom is 0.303 e. The van der Waals surface area contributed by atoms with E-state index in [9.17, 15) is 14.7 Å². The van der Waals surface area contributed by atoms with Gasteiger partial charge in [-0.05, 0) is 45.4 Å². The Bertz CT molecular complexity index is 355. The molecule has 1 amide bonds. The molecule has 0 aliphatic rings. The lowest BCUT2D eigenvalue weighted by Crippen LogP contribution is -2.26. The molecule has 0 aliphatic heterocycles. The molecular formula is C19H37NO4. The number of rotatable bonds is 16. The first-order valence-electron chi connectivity index (χ1n) is 9.52. The molecule has 2 unspecified atom stereocenters. The summed E-state index contributed by atoms with van der Waals surface area (Å²) < 4.78 is 0. The average molecular weight is 344 g/mol. The molecule has 5 heteroatoms. The molecule has 0 fully saturated rings. The number of carboxylic acids is 1. The van der Waals surface area contributed by atoms with Crippen LogP contribution in [0.1, 0.15) is 97.3 Å². The van der Waals surface area contributed by atoms with E-state index in [1.54, 1.807) is 0 Å². The van der Waals surface area contributed by atoms with Crippen LogP contribution in [0.5, 0.6) is 0 Å². The number of carboxylic acid groups (broad SMARTS) is 1. The molecule has 0 saturated carbocycles. The van der Waals surface area contributed by atoms with Crippen LogP contribution in [0, 0.1) is 5.92 Å². The first kappa shape index (κ1) is 22.9. The van der Waals surface area contributed by atoms with E-state index in [4.69, 9.17) is 10.8 Å². The van der Waals surface area contributed by atoms with Crippen LogP contribution in [-0.4, -0.2) is 27.7 Å². The highest BCUT2D eigenvalue weighted by Crippen LogP contribution is 2.24. The van der Waals surface area contributed by atoms with Crippen LogP contribution in [-0.2, 0) is 9.59 Å². The second-order valence-electron chi connectivity index (χ2n) is 7.29. The Morgan fingerprint density at radius 2 is 1.54 bits per heavy atom. The molecule has 0 aromatic heterocycles. The minimum atomic E-state index is -0.754. The zero-order valence-corrected chi connectivity index (χ0v) is 15.6. The highest BCUT2D eigenvalue weighted by molar-refractivity contribution is 5.76. The molecule has 5 nitrogen and oxygen atoms in total. The number of hydrogen-bond donors (Lipinski definition) is 3. The summed E-state index contributed by atoms with van der Waals surface area (Å²) in [5, 5.41) is 18.9. The van der Waals surface area contributed by atoms with Crippen LogP contribution < -0.4 is 5.73 Å². The van der Waals surface area contributed by atoms with Crippen LogP contribution in [0.25, 0.3) is 0 Å². The molecule has 0 aliphatic carbocycles. The first-order valence-corrected chi connectivity index (χ1v) is 9.52. The van der Waals surface area contributed by atoms with Gasteiger partial charge in [-0.15, -0.1) is 0 Å². The molecular weight excluding hydrogens is 306 g/mol. The van der Waals surface area contributed by atoms with Gasteiger partial charge in [-0.3, -0.25) is 9.59 Å². The summed E-state index contributed by atoms with van der Waals surface area (Å²) in [5.74, 6) is -1.14. The Kier molecular flexibility index (Phi) is 12.6. The predicted molar refractivity (Wildman–Crippen MR) is 96.6 cm³/mol. The lowest BCUT2D eigenvalue weighted by atomic mass is 9.88. The number of amides is 1. The van der Waals surface area contributed by atoms with Crippen LogP contribution in [0.2, 0.25) is 0 Å². The van der Waals surface area contributed by atoms with Crippen LogP contribution >= 0.6 is 0 Å². The summed E-state index contributed by atoms with van der Waals surface area (Å²) in [7, 11) is 0. The van der Waals surface area contributed by atoms with E-state index < -0.39 is 11.6 Å². The molecule has 0 rings (SSSR count). The van der Waals surface area contributed by atoms with E-state index >= 15 is 0 Å². The van der Waals surface area contributed by atoms with E-state index in [1.165, 1.54) is 0 Å². The smallest absolute Gasteiger partial charge is 0.303 e. The molecule has 24 heavy (non-hydrogen) atoms. The van der Waals surface area contributed by atoms with Crippen molar-refractivity contribution in [1.82, 2.24) is 0 Å². The molecule has 0 saturated heterocycles. The third-order valence-electron chi connectivity index (χ3n) is 4.68. The van der Waals surface area contributed by atoms with E-state index in [0.29, 0.717) is 12.8 Å². The third-order valence-corrected chi connectivity index (χ3v) is 4.68. The van der Waals surface area contributed by atoms with Gasteiger partial charge in [-0.1, -0.05) is 45.4 Å². The minimum Gasteiger partial charge on any atom is -0.481 e. The number of primary amides is 1. The Labute approximate surface area is 147 Å². The average Bonchev–Trinajstić information content (AvgIpc) is 2.48. The summed E-state index contributed by atoms with van der Waals surface area (Å²) >= 11 is 0. The van der Waals surface area contributed by atoms with Crippen molar-refractivity contribution in [3.63, 3.8) is 0 Å². The molecule has 0 aromatic rings. The van der Waals surface area contributed by atoms with Crippen molar-refractivity contribution in [2.45, 2.75) is 103 Å². The van der Waals surface area contributed by atoms with E-state index in [1.807, 2.05) is 6.92 Å². The standard InChI is InChI=1S/C19H37NO4/c1-3-4-9-14-19(2,24)15-10-12-16(18(20)23)11-7-5-6-8-13-17(21)22/h16,24H,3-15H2,1-2H3,(H2,20,23)(H,21,22). The Hall–Kier alpha value is -1.10. The zero-order valence-electron chi connectivity index (χ0n) is 15.6. The quantitative estimate of drug-likeness (QED) is 0.368. The van der Waals surface area contributed by atoms with Gasteiger partial charge in [-0.25, -0.2) is 0 Å². The van der Waals surface area contributed by atoms with Gasteiger partial charge in [0.05, 0.1) is 5.60 Å². The van der Waals surface area contributed by atoms with E-state index in [2.05, 4.69) is 6.92 Å². The van der Waals surface area contributed by atoms with Gasteiger partial charge in [0, 0.05) is 12.3 Å². The second-order valence-corrected chi connectivity index (χ2v) is 7.29. The number of aliphatic carboxylic acids is 1. The van der Waals surface area contributed by atoms with E-state index in [0.717, 1.165) is 64.2 Å². The van der Waals surface area contributed by atoms with Gasteiger partial charge < -0.3 is 15.9 Å². The van der Waals surface area contributed by atoms with Crippen LogP contribution in [0.3, 0.4) is 0 Å². The van der Waals surface area contributed by atoms with Gasteiger partial charge in [0.1, 0.15) is 0 Å². The number of nitrogens with two attached hydrogens (primary N) is 1. The third kappa shape index (κ3) is 13.3. The molecule has 4 N–H and O–H groups in total. The second kappa shape index (κ2) is 13.2. The van der Waals surface area contributed by atoms with Crippen molar-refractivity contribution in [2.24, 2.45) is 11.7 Å². The maximum atomic E-state index is 11.6. The number of hydrogen-bond acceptors (Lipinski definition) is 3.